The second-order valence-electron chi connectivity index (χ2n) is 4.55. The second-order valence-corrected chi connectivity index (χ2v) is 4.55. The van der Waals surface area contributed by atoms with Crippen molar-refractivity contribution in [2.75, 3.05) is 7.11 Å². The minimum Gasteiger partial charge on any atom is -0.464 e. The van der Waals surface area contributed by atoms with Gasteiger partial charge in [0, 0.05) is 19.5 Å². The molecular formula is C14H11F3N2O4. The molecule has 0 saturated heterocycles. The van der Waals surface area contributed by atoms with Gasteiger partial charge in [0.15, 0.2) is 17.4 Å². The normalized spacial score (nSPS) is 11.3. The highest BCUT2D eigenvalue weighted by molar-refractivity contribution is 5.96. The van der Waals surface area contributed by atoms with E-state index in [9.17, 15) is 22.8 Å². The van der Waals surface area contributed by atoms with Crippen LogP contribution < -0.4 is 0 Å². The highest BCUT2D eigenvalue weighted by Gasteiger charge is 2.41. The number of aromatic nitrogens is 2. The zero-order valence-electron chi connectivity index (χ0n) is 12.1. The van der Waals surface area contributed by atoms with Gasteiger partial charge in [-0.1, -0.05) is 6.07 Å². The molecule has 122 valence electrons. The zero-order valence-corrected chi connectivity index (χ0v) is 12.1. The van der Waals surface area contributed by atoms with E-state index in [0.29, 0.717) is 5.56 Å². The van der Waals surface area contributed by atoms with Crippen LogP contribution in [0.4, 0.5) is 13.2 Å². The molecule has 23 heavy (non-hydrogen) atoms. The minimum atomic E-state index is -4.81. The van der Waals surface area contributed by atoms with Gasteiger partial charge in [0.25, 0.3) is 0 Å². The Hall–Kier alpha value is -2.71. The number of ketones is 1. The van der Waals surface area contributed by atoms with Crippen LogP contribution in [0.15, 0.2) is 22.7 Å². The van der Waals surface area contributed by atoms with Crippen LogP contribution in [-0.4, -0.2) is 28.8 Å². The molecule has 0 aliphatic rings. The number of esters is 1. The average molecular weight is 328 g/mol. The Labute approximate surface area is 128 Å². The topological polar surface area (TPSA) is 82.3 Å². The van der Waals surface area contributed by atoms with Crippen LogP contribution in [-0.2, 0) is 17.3 Å². The Bertz CT molecular complexity index is 735. The van der Waals surface area contributed by atoms with E-state index in [2.05, 4.69) is 19.1 Å². The van der Waals surface area contributed by atoms with E-state index in [0.717, 1.165) is 0 Å². The average Bonchev–Trinajstić information content (AvgIpc) is 2.89. The Morgan fingerprint density at radius 1 is 1.30 bits per heavy atom. The van der Waals surface area contributed by atoms with Crippen LogP contribution in [0.25, 0.3) is 0 Å². The number of methoxy groups -OCH3 is 1. The van der Waals surface area contributed by atoms with Crippen LogP contribution in [0.3, 0.4) is 0 Å². The first-order valence-electron chi connectivity index (χ1n) is 6.33. The van der Waals surface area contributed by atoms with Crippen LogP contribution >= 0.6 is 0 Å². The Morgan fingerprint density at radius 2 is 2.00 bits per heavy atom. The van der Waals surface area contributed by atoms with E-state index in [-0.39, 0.29) is 18.0 Å². The lowest BCUT2D eigenvalue weighted by atomic mass is 10.1. The standard InChI is InChI=1S/C14H11F3N2O4/c1-7-19-11(12(23-7)14(15,16)17)10(20)5-8-3-4-9(18-6-8)13(21)22-2/h3-4,6H,5H2,1-2H3. The predicted octanol–water partition coefficient (Wildman–Crippen LogP) is 2.61. The highest BCUT2D eigenvalue weighted by atomic mass is 19.4. The summed E-state index contributed by atoms with van der Waals surface area (Å²) in [6, 6.07) is 2.71. The molecule has 0 aromatic carbocycles. The molecule has 2 heterocycles. The number of carbonyl (C=O) groups excluding carboxylic acids is 2. The lowest BCUT2D eigenvalue weighted by Gasteiger charge is -2.04. The monoisotopic (exact) mass is 328 g/mol. The van der Waals surface area contributed by atoms with Crippen LogP contribution in [0.2, 0.25) is 0 Å². The number of hydrogen-bond acceptors (Lipinski definition) is 6. The first kappa shape index (κ1) is 16.7. The molecule has 2 aromatic heterocycles. The molecule has 0 spiro atoms. The molecular weight excluding hydrogens is 317 g/mol. The maximum Gasteiger partial charge on any atom is 0.452 e. The van der Waals surface area contributed by atoms with Crippen molar-refractivity contribution in [3.05, 3.63) is 46.9 Å². The van der Waals surface area contributed by atoms with Crippen LogP contribution in [0.5, 0.6) is 0 Å². The molecule has 2 rings (SSSR count). The van der Waals surface area contributed by atoms with Gasteiger partial charge in [-0.25, -0.2) is 14.8 Å². The molecule has 0 aliphatic heterocycles. The number of rotatable bonds is 4. The maximum atomic E-state index is 12.8. The number of halogens is 3. The van der Waals surface area contributed by atoms with E-state index in [4.69, 9.17) is 0 Å². The number of nitrogens with zero attached hydrogens (tertiary/aromatic N) is 2. The highest BCUT2D eigenvalue weighted by Crippen LogP contribution is 2.33. The summed E-state index contributed by atoms with van der Waals surface area (Å²) in [6.45, 7) is 1.22. The molecule has 0 saturated carbocycles. The van der Waals surface area contributed by atoms with Gasteiger partial charge in [-0.15, -0.1) is 0 Å². The summed E-state index contributed by atoms with van der Waals surface area (Å²) < 4.78 is 47.3. The van der Waals surface area contributed by atoms with Gasteiger partial charge in [0.05, 0.1) is 7.11 Å². The number of hydrogen-bond donors (Lipinski definition) is 0. The van der Waals surface area contributed by atoms with E-state index >= 15 is 0 Å². The molecule has 9 heteroatoms. The van der Waals surface area contributed by atoms with Gasteiger partial charge in [0.2, 0.25) is 5.76 Å². The molecule has 0 amide bonds. The third-order valence-corrected chi connectivity index (χ3v) is 2.84. The van der Waals surface area contributed by atoms with Crippen LogP contribution in [0.1, 0.15) is 38.2 Å². The second kappa shape index (κ2) is 6.19. The molecule has 0 N–H and O–H groups in total. The van der Waals surface area contributed by atoms with Gasteiger partial charge in [-0.3, -0.25) is 4.79 Å². The summed E-state index contributed by atoms with van der Waals surface area (Å²) in [5, 5.41) is 0. The molecule has 0 atom stereocenters. The summed E-state index contributed by atoms with van der Waals surface area (Å²) in [4.78, 5) is 30.5. The summed E-state index contributed by atoms with van der Waals surface area (Å²) >= 11 is 0. The van der Waals surface area contributed by atoms with E-state index in [1.807, 2.05) is 0 Å². The quantitative estimate of drug-likeness (QED) is 0.634. The number of ether oxygens (including phenoxy) is 1. The zero-order chi connectivity index (χ0) is 17.2. The Balaban J connectivity index is 2.21. The number of Topliss-reactive ketones (excluding diaryl/α,β-unsaturated/α-hetero) is 1. The largest absolute Gasteiger partial charge is 0.464 e. The minimum absolute atomic E-state index is 0.0250. The van der Waals surface area contributed by atoms with Crippen molar-refractivity contribution in [3.8, 4) is 0 Å². The lowest BCUT2D eigenvalue weighted by Crippen LogP contribution is -2.13. The smallest absolute Gasteiger partial charge is 0.452 e. The van der Waals surface area contributed by atoms with Crippen LogP contribution in [0, 0.1) is 6.92 Å². The van der Waals surface area contributed by atoms with Gasteiger partial charge >= 0.3 is 12.1 Å². The molecule has 0 radical (unpaired) electrons. The first-order chi connectivity index (χ1) is 10.7. The van der Waals surface area contributed by atoms with Gasteiger partial charge in [0.1, 0.15) is 5.69 Å². The van der Waals surface area contributed by atoms with Crippen molar-refractivity contribution in [2.24, 2.45) is 0 Å². The Kier molecular flexibility index (Phi) is 4.48. The maximum absolute atomic E-state index is 12.8. The molecule has 0 aliphatic carbocycles. The van der Waals surface area contributed by atoms with Gasteiger partial charge in [-0.2, -0.15) is 13.2 Å². The SMILES string of the molecule is COC(=O)c1ccc(CC(=O)c2nc(C)oc2C(F)(F)F)cn1. The molecule has 0 fully saturated rings. The van der Waals surface area contributed by atoms with Crippen molar-refractivity contribution in [1.82, 2.24) is 9.97 Å². The number of aryl methyl sites for hydroxylation is 1. The van der Waals surface area contributed by atoms with Crippen molar-refractivity contribution >= 4 is 11.8 Å². The summed E-state index contributed by atoms with van der Waals surface area (Å²) in [6.07, 6.45) is -3.95. The fourth-order valence-corrected chi connectivity index (χ4v) is 1.83. The lowest BCUT2D eigenvalue weighted by molar-refractivity contribution is -0.153. The first-order valence-corrected chi connectivity index (χ1v) is 6.33. The van der Waals surface area contributed by atoms with Gasteiger partial charge < -0.3 is 9.15 Å². The number of oxazole rings is 1. The molecule has 6 nitrogen and oxygen atoms in total. The summed E-state index contributed by atoms with van der Waals surface area (Å²) in [5.41, 5.74) is -0.416. The fourth-order valence-electron chi connectivity index (χ4n) is 1.83. The predicted molar refractivity (Wildman–Crippen MR) is 69.9 cm³/mol. The van der Waals surface area contributed by atoms with Gasteiger partial charge in [-0.05, 0) is 11.6 Å². The third-order valence-electron chi connectivity index (χ3n) is 2.84. The van der Waals surface area contributed by atoms with Crippen molar-refractivity contribution in [3.63, 3.8) is 0 Å². The molecule has 0 bridgehead atoms. The Morgan fingerprint density at radius 3 is 2.52 bits per heavy atom. The van der Waals surface area contributed by atoms with E-state index in [1.165, 1.54) is 32.4 Å². The van der Waals surface area contributed by atoms with Crippen molar-refractivity contribution in [2.45, 2.75) is 19.5 Å². The van der Waals surface area contributed by atoms with E-state index in [1.54, 1.807) is 0 Å². The van der Waals surface area contributed by atoms with Crippen molar-refractivity contribution in [1.29, 1.82) is 0 Å². The van der Waals surface area contributed by atoms with E-state index < -0.39 is 29.4 Å². The van der Waals surface area contributed by atoms with Crippen molar-refractivity contribution < 1.29 is 31.9 Å². The molecule has 2 aromatic rings. The summed E-state index contributed by atoms with van der Waals surface area (Å²) in [7, 11) is 1.19. The molecule has 0 unspecified atom stereocenters. The number of alkyl halides is 3. The third kappa shape index (κ3) is 3.74. The number of pyridine rings is 1. The summed E-state index contributed by atoms with van der Waals surface area (Å²) in [5.74, 6) is -3.19. The fraction of sp³-hybridized carbons (Fsp3) is 0.286. The number of carbonyl (C=O) groups is 2.